The van der Waals surface area contributed by atoms with E-state index < -0.39 is 12.1 Å². The first-order valence-corrected chi connectivity index (χ1v) is 9.96. The Kier molecular flexibility index (Phi) is 6.06. The molecule has 0 aromatic carbocycles. The summed E-state index contributed by atoms with van der Waals surface area (Å²) in [4.78, 5) is 1.83. The number of halogens is 3. The summed E-state index contributed by atoms with van der Waals surface area (Å²) >= 11 is 0. The topological polar surface area (TPSA) is 8.17 Å². The minimum Gasteiger partial charge on any atom is -0.370 e. The first-order valence-electron chi connectivity index (χ1n) is 9.96. The van der Waals surface area contributed by atoms with Crippen LogP contribution in [0.1, 0.15) is 43.0 Å². The highest BCUT2D eigenvalue weighted by Gasteiger charge is 2.46. The van der Waals surface area contributed by atoms with Gasteiger partial charge in [-0.15, -0.1) is 0 Å². The van der Waals surface area contributed by atoms with Gasteiger partial charge in [0.1, 0.15) is 5.92 Å². The first kappa shape index (κ1) is 21.0. The van der Waals surface area contributed by atoms with E-state index >= 15 is 0 Å². The van der Waals surface area contributed by atoms with Crippen molar-refractivity contribution >= 4 is 12.2 Å². The zero-order valence-electron chi connectivity index (χ0n) is 17.2. The second-order valence-electron chi connectivity index (χ2n) is 7.12. The predicted molar refractivity (Wildman–Crippen MR) is 114 cm³/mol. The predicted octanol–water partition coefficient (Wildman–Crippen LogP) is 6.38. The van der Waals surface area contributed by atoms with E-state index in [1.165, 1.54) is 0 Å². The Hall–Kier alpha value is -2.69. The fourth-order valence-electron chi connectivity index (χ4n) is 3.97. The van der Waals surface area contributed by atoms with E-state index in [2.05, 4.69) is 0 Å². The maximum absolute atomic E-state index is 14.3. The number of alkyl halides is 3. The molecule has 1 aromatic heterocycles. The van der Waals surface area contributed by atoms with Crippen LogP contribution in [0.25, 0.3) is 12.2 Å². The van der Waals surface area contributed by atoms with E-state index in [0.29, 0.717) is 16.7 Å². The number of nitrogens with zero attached hydrogens (tertiary/aromatic N) is 2. The number of fused-ring (bicyclic) bond motifs is 2. The molecule has 0 saturated carbocycles. The second-order valence-corrected chi connectivity index (χ2v) is 7.12. The molecule has 2 bridgehead atoms. The minimum atomic E-state index is -4.40. The van der Waals surface area contributed by atoms with E-state index in [9.17, 15) is 13.2 Å². The fourth-order valence-corrected chi connectivity index (χ4v) is 3.97. The highest BCUT2D eigenvalue weighted by Crippen LogP contribution is 2.47. The van der Waals surface area contributed by atoms with Gasteiger partial charge in [0, 0.05) is 37.7 Å². The standard InChI is InChI=1S/C22H21F3N2.C2H6/c1-26-13-18(15-8-6-7-9-16(26)12-15)21(22(23,24)25)19-14-27(2)20-11-5-3-4-10-17(19)20;1-2/h4-14,16,21H,3H2,1-2H3;1-2H3. The van der Waals surface area contributed by atoms with Crippen molar-refractivity contribution in [2.75, 3.05) is 7.05 Å². The van der Waals surface area contributed by atoms with Crippen molar-refractivity contribution in [3.05, 3.63) is 82.9 Å². The van der Waals surface area contributed by atoms with E-state index in [4.69, 9.17) is 0 Å². The van der Waals surface area contributed by atoms with Crippen LogP contribution in [0.5, 0.6) is 0 Å². The smallest absolute Gasteiger partial charge is 0.370 e. The molecule has 2 atom stereocenters. The van der Waals surface area contributed by atoms with Gasteiger partial charge < -0.3 is 9.47 Å². The Bertz CT molecular complexity index is 936. The Morgan fingerprint density at radius 1 is 1.03 bits per heavy atom. The van der Waals surface area contributed by atoms with E-state index in [1.807, 2.05) is 68.3 Å². The third kappa shape index (κ3) is 4.04. The summed E-state index contributed by atoms with van der Waals surface area (Å²) in [6.45, 7) is 4.00. The molecule has 2 heterocycles. The number of hydrogen-bond acceptors (Lipinski definition) is 1. The number of likely N-dealkylation sites (N-methyl/N-ethyl adjacent to an activating group) is 1. The highest BCUT2D eigenvalue weighted by molar-refractivity contribution is 5.70. The molecule has 1 aliphatic heterocycles. The SMILES string of the molecule is CC.CN1C=C(C(c2cn(C)c3c2C=CCC=C3)C(F)(F)F)C2=CC1C=CC=C2. The lowest BCUT2D eigenvalue weighted by Crippen LogP contribution is -2.31. The van der Waals surface area contributed by atoms with Gasteiger partial charge in [-0.1, -0.05) is 62.5 Å². The van der Waals surface area contributed by atoms with Crippen LogP contribution in [-0.2, 0) is 7.05 Å². The lowest BCUT2D eigenvalue weighted by Gasteiger charge is -2.32. The molecule has 0 fully saturated rings. The highest BCUT2D eigenvalue weighted by atomic mass is 19.4. The summed E-state index contributed by atoms with van der Waals surface area (Å²) in [5, 5.41) is 0. The second kappa shape index (κ2) is 8.36. The molecule has 0 N–H and O–H groups in total. The zero-order valence-corrected chi connectivity index (χ0v) is 17.2. The Balaban J connectivity index is 0.00000117. The molecule has 4 rings (SSSR count). The third-order valence-corrected chi connectivity index (χ3v) is 5.27. The van der Waals surface area contributed by atoms with Gasteiger partial charge in [0.25, 0.3) is 0 Å². The van der Waals surface area contributed by atoms with Crippen molar-refractivity contribution in [1.82, 2.24) is 9.47 Å². The maximum atomic E-state index is 14.3. The summed E-state index contributed by atoms with van der Waals surface area (Å²) < 4.78 is 44.8. The van der Waals surface area contributed by atoms with Crippen molar-refractivity contribution in [3.63, 3.8) is 0 Å². The number of hydrogen-bond donors (Lipinski definition) is 0. The van der Waals surface area contributed by atoms with E-state index in [0.717, 1.165) is 12.1 Å². The van der Waals surface area contributed by atoms with Crippen LogP contribution in [-0.4, -0.2) is 28.7 Å². The molecule has 5 heteroatoms. The third-order valence-electron chi connectivity index (χ3n) is 5.27. The molecule has 3 aliphatic rings. The van der Waals surface area contributed by atoms with Gasteiger partial charge >= 0.3 is 6.18 Å². The van der Waals surface area contributed by atoms with Crippen molar-refractivity contribution in [2.45, 2.75) is 38.4 Å². The lowest BCUT2D eigenvalue weighted by atomic mass is 9.83. The Morgan fingerprint density at radius 3 is 2.48 bits per heavy atom. The van der Waals surface area contributed by atoms with Crippen LogP contribution in [0.3, 0.4) is 0 Å². The molecule has 0 spiro atoms. The summed E-state index contributed by atoms with van der Waals surface area (Å²) in [5.41, 5.74) is 2.68. The summed E-state index contributed by atoms with van der Waals surface area (Å²) in [6.07, 6.45) is 16.5. The lowest BCUT2D eigenvalue weighted by molar-refractivity contribution is -0.141. The zero-order chi connectivity index (χ0) is 21.2. The molecule has 29 heavy (non-hydrogen) atoms. The molecule has 2 aliphatic carbocycles. The van der Waals surface area contributed by atoms with Crippen LogP contribution in [0.2, 0.25) is 0 Å². The number of aryl methyl sites for hydroxylation is 1. The normalized spacial score (nSPS) is 20.8. The minimum absolute atomic E-state index is 0.0247. The fraction of sp³-hybridized carbons (Fsp3) is 0.333. The number of rotatable bonds is 2. The molecule has 2 unspecified atom stereocenters. The van der Waals surface area contributed by atoms with Crippen LogP contribution in [0.15, 0.2) is 66.1 Å². The Labute approximate surface area is 170 Å². The van der Waals surface area contributed by atoms with Crippen molar-refractivity contribution < 1.29 is 13.2 Å². The number of aromatic nitrogens is 1. The molecule has 1 aromatic rings. The molecular formula is C24H27F3N2. The van der Waals surface area contributed by atoms with Crippen molar-refractivity contribution in [2.24, 2.45) is 7.05 Å². The van der Waals surface area contributed by atoms with Gasteiger partial charge in [-0.3, -0.25) is 0 Å². The van der Waals surface area contributed by atoms with Crippen LogP contribution in [0, 0.1) is 0 Å². The van der Waals surface area contributed by atoms with Crippen molar-refractivity contribution in [3.8, 4) is 0 Å². The van der Waals surface area contributed by atoms with Crippen LogP contribution >= 0.6 is 0 Å². The van der Waals surface area contributed by atoms with Gasteiger partial charge in [-0.05, 0) is 29.2 Å². The first-order chi connectivity index (χ1) is 13.9. The molecule has 2 nitrogen and oxygen atoms in total. The quantitative estimate of drug-likeness (QED) is 0.559. The average molecular weight is 400 g/mol. The van der Waals surface area contributed by atoms with Gasteiger partial charge in [0.2, 0.25) is 0 Å². The van der Waals surface area contributed by atoms with Crippen molar-refractivity contribution in [1.29, 1.82) is 0 Å². The summed E-state index contributed by atoms with van der Waals surface area (Å²) in [5.74, 6) is -1.68. The molecule has 0 amide bonds. The van der Waals surface area contributed by atoms with Gasteiger partial charge in [0.15, 0.2) is 0 Å². The largest absolute Gasteiger partial charge is 0.399 e. The monoisotopic (exact) mass is 400 g/mol. The van der Waals surface area contributed by atoms with Gasteiger partial charge in [0.05, 0.1) is 6.04 Å². The molecular weight excluding hydrogens is 373 g/mol. The van der Waals surface area contributed by atoms with Gasteiger partial charge in [-0.2, -0.15) is 13.2 Å². The summed E-state index contributed by atoms with van der Waals surface area (Å²) in [6, 6.07) is -0.0247. The van der Waals surface area contributed by atoms with Crippen LogP contribution < -0.4 is 0 Å². The molecule has 0 radical (unpaired) electrons. The van der Waals surface area contributed by atoms with E-state index in [1.54, 1.807) is 36.2 Å². The maximum Gasteiger partial charge on any atom is 0.399 e. The van der Waals surface area contributed by atoms with E-state index in [-0.39, 0.29) is 11.6 Å². The number of allylic oxidation sites excluding steroid dienone is 7. The van der Waals surface area contributed by atoms with Crippen LogP contribution in [0.4, 0.5) is 13.2 Å². The average Bonchev–Trinajstić information content (AvgIpc) is 2.91. The summed E-state index contributed by atoms with van der Waals surface area (Å²) in [7, 11) is 3.61. The Morgan fingerprint density at radius 2 is 1.76 bits per heavy atom. The van der Waals surface area contributed by atoms with Gasteiger partial charge in [-0.25, -0.2) is 0 Å². The molecule has 154 valence electrons. The molecule has 0 saturated heterocycles.